The highest BCUT2D eigenvalue weighted by atomic mass is 35.5. The van der Waals surface area contributed by atoms with Gasteiger partial charge in [0, 0.05) is 10.6 Å². The third kappa shape index (κ3) is 8.95. The molecule has 0 aliphatic carbocycles. The molecule has 0 bridgehead atoms. The number of nitrogens with one attached hydrogen (secondary N) is 2. The van der Waals surface area contributed by atoms with Gasteiger partial charge in [-0.1, -0.05) is 23.7 Å². The van der Waals surface area contributed by atoms with E-state index in [1.165, 1.54) is 28.9 Å². The van der Waals surface area contributed by atoms with Gasteiger partial charge in [0.1, 0.15) is 11.5 Å². The van der Waals surface area contributed by atoms with Gasteiger partial charge in [0.25, 0.3) is 11.8 Å². The Kier molecular flexibility index (Phi) is 9.77. The Morgan fingerprint density at radius 1 is 1.00 bits per heavy atom. The summed E-state index contributed by atoms with van der Waals surface area (Å²) in [5, 5.41) is 7.23. The largest absolute Gasteiger partial charge is 0.484 e. The normalized spacial score (nSPS) is 11.3. The third-order valence-electron chi connectivity index (χ3n) is 5.73. The number of rotatable bonds is 12. The van der Waals surface area contributed by atoms with Gasteiger partial charge in [-0.2, -0.15) is 5.10 Å². The van der Waals surface area contributed by atoms with E-state index >= 15 is 0 Å². The molecule has 0 spiro atoms. The summed E-state index contributed by atoms with van der Waals surface area (Å²) in [5.41, 5.74) is 4.63. The van der Waals surface area contributed by atoms with Crippen LogP contribution in [0.3, 0.4) is 0 Å². The molecule has 4 rings (SSSR count). The average molecular weight is 595 g/mol. The van der Waals surface area contributed by atoms with Crippen LogP contribution in [0.15, 0.2) is 101 Å². The van der Waals surface area contributed by atoms with E-state index in [1.807, 2.05) is 0 Å². The van der Waals surface area contributed by atoms with Crippen LogP contribution in [0.25, 0.3) is 0 Å². The number of nitrogens with zero attached hydrogens (tertiary/aromatic N) is 2. The zero-order valence-electron chi connectivity index (χ0n) is 22.0. The van der Waals surface area contributed by atoms with E-state index in [0.29, 0.717) is 33.3 Å². The maximum atomic E-state index is 12.5. The molecule has 212 valence electrons. The monoisotopic (exact) mass is 594 g/mol. The Balaban J connectivity index is 1.27. The predicted molar refractivity (Wildman–Crippen MR) is 156 cm³/mol. The first-order chi connectivity index (χ1) is 19.7. The zero-order chi connectivity index (χ0) is 29.2. The van der Waals surface area contributed by atoms with Crippen LogP contribution in [0, 0.1) is 0 Å². The van der Waals surface area contributed by atoms with Crippen molar-refractivity contribution in [3.05, 3.63) is 119 Å². The van der Waals surface area contributed by atoms with Gasteiger partial charge >= 0.3 is 0 Å². The number of anilines is 1. The lowest BCUT2D eigenvalue weighted by Crippen LogP contribution is -2.29. The number of hydrazone groups is 1. The molecular weight excluding hydrogens is 568 g/mol. The predicted octanol–water partition coefficient (Wildman–Crippen LogP) is 4.36. The van der Waals surface area contributed by atoms with Gasteiger partial charge in [0.2, 0.25) is 10.0 Å². The summed E-state index contributed by atoms with van der Waals surface area (Å²) in [6.45, 7) is 0.255. The highest BCUT2D eigenvalue weighted by Crippen LogP contribution is 2.22. The number of carbonyl (C=O) groups is 2. The summed E-state index contributed by atoms with van der Waals surface area (Å²) < 4.78 is 36.7. The van der Waals surface area contributed by atoms with Crippen LogP contribution in [-0.2, 0) is 27.9 Å². The van der Waals surface area contributed by atoms with Crippen molar-refractivity contribution in [2.24, 2.45) is 5.10 Å². The van der Waals surface area contributed by atoms with Crippen molar-refractivity contribution in [2.45, 2.75) is 13.1 Å². The second kappa shape index (κ2) is 13.6. The fourth-order valence-electron chi connectivity index (χ4n) is 3.61. The van der Waals surface area contributed by atoms with Crippen molar-refractivity contribution in [3.63, 3.8) is 0 Å². The van der Waals surface area contributed by atoms with Crippen LogP contribution in [-0.4, -0.2) is 39.3 Å². The minimum atomic E-state index is -3.58. The summed E-state index contributed by atoms with van der Waals surface area (Å²) >= 11 is 5.92. The zero-order valence-corrected chi connectivity index (χ0v) is 23.6. The first-order valence-corrected chi connectivity index (χ1v) is 14.6. The first-order valence-electron chi connectivity index (χ1n) is 12.3. The number of carbonyl (C=O) groups excluding carboxylic acids is 2. The lowest BCUT2D eigenvalue weighted by Gasteiger charge is -2.22. The van der Waals surface area contributed by atoms with Crippen molar-refractivity contribution in [1.82, 2.24) is 10.7 Å². The minimum absolute atomic E-state index is 0.120. The fraction of sp³-hybridized carbons (Fsp3) is 0.138. The molecule has 4 aromatic rings. The van der Waals surface area contributed by atoms with Crippen LogP contribution < -0.4 is 19.8 Å². The Morgan fingerprint density at radius 2 is 1.71 bits per heavy atom. The molecule has 1 aromatic heterocycles. The number of hydrogen-bond acceptors (Lipinski definition) is 7. The number of halogens is 1. The molecule has 3 aromatic carbocycles. The molecule has 41 heavy (non-hydrogen) atoms. The maximum Gasteiger partial charge on any atom is 0.271 e. The summed E-state index contributed by atoms with van der Waals surface area (Å²) in [7, 11) is -3.58. The Hall–Kier alpha value is -4.61. The average Bonchev–Trinajstić information content (AvgIpc) is 3.49. The summed E-state index contributed by atoms with van der Waals surface area (Å²) in [5.74, 6) is 0.402. The number of benzene rings is 3. The molecule has 0 fully saturated rings. The van der Waals surface area contributed by atoms with Crippen LogP contribution >= 0.6 is 11.6 Å². The van der Waals surface area contributed by atoms with E-state index in [0.717, 1.165) is 11.8 Å². The van der Waals surface area contributed by atoms with E-state index in [9.17, 15) is 18.0 Å². The molecule has 0 saturated heterocycles. The topological polar surface area (TPSA) is 130 Å². The van der Waals surface area contributed by atoms with Crippen LogP contribution in [0.2, 0.25) is 5.02 Å². The van der Waals surface area contributed by atoms with E-state index < -0.39 is 15.9 Å². The second-order valence-electron chi connectivity index (χ2n) is 8.86. The first kappa shape index (κ1) is 29.4. The molecule has 0 radical (unpaired) electrons. The fourth-order valence-corrected chi connectivity index (χ4v) is 4.63. The number of ether oxygens (including phenoxy) is 1. The molecule has 1 heterocycles. The maximum absolute atomic E-state index is 12.5. The molecule has 0 aliphatic rings. The van der Waals surface area contributed by atoms with Gasteiger partial charge in [-0.3, -0.25) is 13.9 Å². The number of furan rings is 1. The smallest absolute Gasteiger partial charge is 0.271 e. The number of sulfonamides is 1. The molecule has 2 N–H and O–H groups in total. The van der Waals surface area contributed by atoms with E-state index in [2.05, 4.69) is 15.8 Å². The van der Waals surface area contributed by atoms with Crippen LogP contribution in [0.5, 0.6) is 5.75 Å². The van der Waals surface area contributed by atoms with Crippen molar-refractivity contribution >= 4 is 45.3 Å². The molecule has 12 heteroatoms. The molecule has 0 saturated carbocycles. The quantitative estimate of drug-likeness (QED) is 0.185. The lowest BCUT2D eigenvalue weighted by molar-refractivity contribution is -0.123. The minimum Gasteiger partial charge on any atom is -0.484 e. The van der Waals surface area contributed by atoms with E-state index in [-0.39, 0.29) is 25.6 Å². The van der Waals surface area contributed by atoms with Crippen molar-refractivity contribution in [3.8, 4) is 5.75 Å². The summed E-state index contributed by atoms with van der Waals surface area (Å²) in [4.78, 5) is 24.4. The SMILES string of the molecule is CS(=O)(=O)N(Cc1ccc(Cl)cc1)c1ccc(C(=O)N/N=C\c2ccc(OCC(=O)NCc3ccco3)cc2)cc1. The summed E-state index contributed by atoms with van der Waals surface area (Å²) in [6, 6.07) is 23.4. The van der Waals surface area contributed by atoms with Crippen LogP contribution in [0.1, 0.15) is 27.2 Å². The van der Waals surface area contributed by atoms with E-state index in [4.69, 9.17) is 20.8 Å². The van der Waals surface area contributed by atoms with Gasteiger partial charge in [0.15, 0.2) is 6.61 Å². The van der Waals surface area contributed by atoms with Gasteiger partial charge < -0.3 is 14.5 Å². The van der Waals surface area contributed by atoms with Gasteiger partial charge in [-0.15, -0.1) is 0 Å². The molecule has 0 unspecified atom stereocenters. The standard InChI is InChI=1S/C29H27ClN4O6S/c1-41(37,38)34(19-22-4-10-24(30)11-5-22)25-12-8-23(9-13-25)29(36)33-32-17-21-6-14-26(15-7-21)40-20-28(35)31-18-27-3-2-16-39-27/h2-17H,18-20H2,1H3,(H,31,35)(H,33,36)/b32-17-. The Morgan fingerprint density at radius 3 is 2.34 bits per heavy atom. The highest BCUT2D eigenvalue weighted by Gasteiger charge is 2.18. The van der Waals surface area contributed by atoms with Gasteiger partial charge in [-0.05, 0) is 83.9 Å². The summed E-state index contributed by atoms with van der Waals surface area (Å²) in [6.07, 6.45) is 4.12. The Labute approximate surface area is 242 Å². The van der Waals surface area contributed by atoms with Gasteiger partial charge in [0.05, 0.1) is 37.5 Å². The Bertz CT molecular complexity index is 1590. The highest BCUT2D eigenvalue weighted by molar-refractivity contribution is 7.92. The van der Waals surface area contributed by atoms with Crippen molar-refractivity contribution in [2.75, 3.05) is 17.2 Å². The van der Waals surface area contributed by atoms with Crippen molar-refractivity contribution in [1.29, 1.82) is 0 Å². The van der Waals surface area contributed by atoms with E-state index in [1.54, 1.807) is 72.8 Å². The molecule has 2 amide bonds. The third-order valence-corrected chi connectivity index (χ3v) is 7.12. The van der Waals surface area contributed by atoms with Gasteiger partial charge in [-0.25, -0.2) is 13.8 Å². The molecule has 10 nitrogen and oxygen atoms in total. The van der Waals surface area contributed by atoms with Crippen LogP contribution in [0.4, 0.5) is 5.69 Å². The molecule has 0 aliphatic heterocycles. The van der Waals surface area contributed by atoms with Crippen molar-refractivity contribution < 1.29 is 27.2 Å². The number of amides is 2. The second-order valence-corrected chi connectivity index (χ2v) is 11.2. The molecular formula is C29H27ClN4O6S. The lowest BCUT2D eigenvalue weighted by atomic mass is 10.2. The molecule has 0 atom stereocenters. The number of hydrogen-bond donors (Lipinski definition) is 2.